The highest BCUT2D eigenvalue weighted by atomic mass is 16.5. The first-order chi connectivity index (χ1) is 15.0. The van der Waals surface area contributed by atoms with E-state index in [-0.39, 0.29) is 5.91 Å². The molecule has 6 heteroatoms. The molecular weight excluding hydrogens is 388 g/mol. The average molecular weight is 417 g/mol. The molecular formula is C25H28N4O2. The number of aromatic nitrogens is 2. The first-order valence-corrected chi connectivity index (χ1v) is 10.6. The van der Waals surface area contributed by atoms with Crippen molar-refractivity contribution < 1.29 is 9.32 Å². The summed E-state index contributed by atoms with van der Waals surface area (Å²) in [7, 11) is 0. The molecule has 2 aromatic carbocycles. The van der Waals surface area contributed by atoms with Gasteiger partial charge in [0.1, 0.15) is 0 Å². The molecule has 0 aliphatic carbocycles. The van der Waals surface area contributed by atoms with E-state index in [1.54, 1.807) is 6.08 Å². The van der Waals surface area contributed by atoms with Gasteiger partial charge in [-0.2, -0.15) is 4.98 Å². The normalized spacial score (nSPS) is 15.0. The lowest BCUT2D eigenvalue weighted by molar-refractivity contribution is -0.127. The lowest BCUT2D eigenvalue weighted by Gasteiger charge is -2.33. The Morgan fingerprint density at radius 3 is 2.42 bits per heavy atom. The molecule has 1 fully saturated rings. The van der Waals surface area contributed by atoms with Crippen molar-refractivity contribution in [1.82, 2.24) is 19.9 Å². The fourth-order valence-corrected chi connectivity index (χ4v) is 3.74. The third-order valence-corrected chi connectivity index (χ3v) is 5.65. The standard InChI is InChI=1S/C25H28N4O2/c1-18-4-8-22(9-5-18)25-26-23(31-27-25)17-28-12-14-29(15-13-28)24(30)11-10-21-7-6-19(2)16-20(21)3/h4-11,16H,12-15,17H2,1-3H3. The lowest BCUT2D eigenvalue weighted by atomic mass is 10.1. The number of carbonyl (C=O) groups is 1. The van der Waals surface area contributed by atoms with Crippen molar-refractivity contribution >= 4 is 12.0 Å². The zero-order valence-corrected chi connectivity index (χ0v) is 18.3. The van der Waals surface area contributed by atoms with E-state index in [1.807, 2.05) is 35.2 Å². The number of hydrogen-bond acceptors (Lipinski definition) is 5. The Kier molecular flexibility index (Phi) is 6.28. The van der Waals surface area contributed by atoms with Crippen LogP contribution in [0, 0.1) is 20.8 Å². The number of piperazine rings is 1. The van der Waals surface area contributed by atoms with Crippen LogP contribution in [0.1, 0.15) is 28.1 Å². The van der Waals surface area contributed by atoms with E-state index in [0.717, 1.165) is 24.2 Å². The molecule has 31 heavy (non-hydrogen) atoms. The van der Waals surface area contributed by atoms with Gasteiger partial charge in [-0.05, 0) is 38.0 Å². The van der Waals surface area contributed by atoms with Gasteiger partial charge in [-0.15, -0.1) is 0 Å². The Bertz CT molecular complexity index is 1080. The highest BCUT2D eigenvalue weighted by Crippen LogP contribution is 2.18. The minimum absolute atomic E-state index is 0.0547. The Labute approximate surface area is 183 Å². The molecule has 1 aliphatic rings. The van der Waals surface area contributed by atoms with Crippen LogP contribution in [-0.4, -0.2) is 52.0 Å². The van der Waals surface area contributed by atoms with Crippen LogP contribution in [0.3, 0.4) is 0 Å². The summed E-state index contributed by atoms with van der Waals surface area (Å²) in [6.45, 7) is 9.73. The third kappa shape index (κ3) is 5.27. The summed E-state index contributed by atoms with van der Waals surface area (Å²) >= 11 is 0. The van der Waals surface area contributed by atoms with Gasteiger partial charge in [0.25, 0.3) is 0 Å². The predicted octanol–water partition coefficient (Wildman–Crippen LogP) is 4.02. The number of benzene rings is 2. The third-order valence-electron chi connectivity index (χ3n) is 5.65. The summed E-state index contributed by atoms with van der Waals surface area (Å²) in [5, 5.41) is 4.10. The molecule has 6 nitrogen and oxygen atoms in total. The highest BCUT2D eigenvalue weighted by Gasteiger charge is 2.21. The summed E-state index contributed by atoms with van der Waals surface area (Å²) in [6.07, 6.45) is 3.59. The minimum atomic E-state index is 0.0547. The Balaban J connectivity index is 1.29. The van der Waals surface area contributed by atoms with E-state index in [1.165, 1.54) is 16.7 Å². The van der Waals surface area contributed by atoms with Gasteiger partial charge in [-0.1, -0.05) is 58.7 Å². The van der Waals surface area contributed by atoms with Crippen molar-refractivity contribution in [3.8, 4) is 11.4 Å². The van der Waals surface area contributed by atoms with E-state index in [0.29, 0.717) is 31.3 Å². The van der Waals surface area contributed by atoms with Crippen molar-refractivity contribution in [2.24, 2.45) is 0 Å². The van der Waals surface area contributed by atoms with Gasteiger partial charge in [0.2, 0.25) is 17.6 Å². The lowest BCUT2D eigenvalue weighted by Crippen LogP contribution is -2.47. The molecule has 4 rings (SSSR count). The van der Waals surface area contributed by atoms with Crippen LogP contribution in [-0.2, 0) is 11.3 Å². The number of rotatable bonds is 5. The predicted molar refractivity (Wildman–Crippen MR) is 121 cm³/mol. The molecule has 1 aliphatic heterocycles. The molecule has 0 saturated carbocycles. The second kappa shape index (κ2) is 9.27. The van der Waals surface area contributed by atoms with Crippen LogP contribution in [0.25, 0.3) is 17.5 Å². The van der Waals surface area contributed by atoms with Crippen molar-refractivity contribution in [2.45, 2.75) is 27.3 Å². The van der Waals surface area contributed by atoms with Crippen molar-refractivity contribution in [3.63, 3.8) is 0 Å². The van der Waals surface area contributed by atoms with Crippen LogP contribution >= 0.6 is 0 Å². The van der Waals surface area contributed by atoms with Gasteiger partial charge in [0.15, 0.2) is 0 Å². The van der Waals surface area contributed by atoms with Gasteiger partial charge in [0.05, 0.1) is 6.54 Å². The molecule has 0 unspecified atom stereocenters. The molecule has 1 amide bonds. The Morgan fingerprint density at radius 2 is 1.71 bits per heavy atom. The minimum Gasteiger partial charge on any atom is -0.338 e. The van der Waals surface area contributed by atoms with Crippen LogP contribution in [0.15, 0.2) is 53.1 Å². The van der Waals surface area contributed by atoms with Crippen LogP contribution < -0.4 is 0 Å². The van der Waals surface area contributed by atoms with Crippen molar-refractivity contribution in [2.75, 3.05) is 26.2 Å². The van der Waals surface area contributed by atoms with Crippen molar-refractivity contribution in [1.29, 1.82) is 0 Å². The van der Waals surface area contributed by atoms with E-state index in [4.69, 9.17) is 4.52 Å². The largest absolute Gasteiger partial charge is 0.338 e. The molecule has 3 aromatic rings. The first kappa shape index (κ1) is 21.0. The zero-order chi connectivity index (χ0) is 21.8. The zero-order valence-electron chi connectivity index (χ0n) is 18.3. The van der Waals surface area contributed by atoms with Gasteiger partial charge < -0.3 is 9.42 Å². The summed E-state index contributed by atoms with van der Waals surface area (Å²) in [5.74, 6) is 1.27. The quantitative estimate of drug-likeness (QED) is 0.588. The number of amides is 1. The fourth-order valence-electron chi connectivity index (χ4n) is 3.74. The number of aryl methyl sites for hydroxylation is 3. The Morgan fingerprint density at radius 1 is 1.00 bits per heavy atom. The molecule has 0 bridgehead atoms. The summed E-state index contributed by atoms with van der Waals surface area (Å²) in [6, 6.07) is 14.3. The maximum absolute atomic E-state index is 12.6. The van der Waals surface area contributed by atoms with Crippen LogP contribution in [0.5, 0.6) is 0 Å². The second-order valence-electron chi connectivity index (χ2n) is 8.17. The SMILES string of the molecule is Cc1ccc(-c2noc(CN3CCN(C(=O)C=Cc4ccc(C)cc4C)CC3)n2)cc1. The summed E-state index contributed by atoms with van der Waals surface area (Å²) < 4.78 is 5.44. The Hall–Kier alpha value is -3.25. The van der Waals surface area contributed by atoms with E-state index in [2.05, 4.69) is 54.0 Å². The molecule has 0 atom stereocenters. The molecule has 2 heterocycles. The van der Waals surface area contributed by atoms with E-state index in [9.17, 15) is 4.79 Å². The molecule has 1 aromatic heterocycles. The molecule has 0 spiro atoms. The number of carbonyl (C=O) groups excluding carboxylic acids is 1. The van der Waals surface area contributed by atoms with Crippen LogP contribution in [0.2, 0.25) is 0 Å². The average Bonchev–Trinajstić information content (AvgIpc) is 3.22. The van der Waals surface area contributed by atoms with E-state index < -0.39 is 0 Å². The maximum Gasteiger partial charge on any atom is 0.246 e. The molecule has 160 valence electrons. The van der Waals surface area contributed by atoms with Gasteiger partial charge in [-0.25, -0.2) is 0 Å². The summed E-state index contributed by atoms with van der Waals surface area (Å²) in [5.41, 5.74) is 5.64. The number of nitrogens with zero attached hydrogens (tertiary/aromatic N) is 4. The van der Waals surface area contributed by atoms with Crippen LogP contribution in [0.4, 0.5) is 0 Å². The first-order valence-electron chi connectivity index (χ1n) is 10.6. The molecule has 0 radical (unpaired) electrons. The van der Waals surface area contributed by atoms with E-state index >= 15 is 0 Å². The van der Waals surface area contributed by atoms with Crippen molar-refractivity contribution in [3.05, 3.63) is 76.7 Å². The molecule has 1 saturated heterocycles. The smallest absolute Gasteiger partial charge is 0.246 e. The van der Waals surface area contributed by atoms with Gasteiger partial charge in [-0.3, -0.25) is 9.69 Å². The maximum atomic E-state index is 12.6. The molecule has 0 N–H and O–H groups in total. The van der Waals surface area contributed by atoms with Gasteiger partial charge >= 0.3 is 0 Å². The highest BCUT2D eigenvalue weighted by molar-refractivity contribution is 5.92. The monoisotopic (exact) mass is 416 g/mol. The number of hydrogen-bond donors (Lipinski definition) is 0. The second-order valence-corrected chi connectivity index (χ2v) is 8.17. The fraction of sp³-hybridized carbons (Fsp3) is 0.320. The topological polar surface area (TPSA) is 62.5 Å². The van der Waals surface area contributed by atoms with Gasteiger partial charge in [0, 0.05) is 37.8 Å². The summed E-state index contributed by atoms with van der Waals surface area (Å²) in [4.78, 5) is 21.2.